The molecule has 7 nitrogen and oxygen atoms in total. The van der Waals surface area contributed by atoms with Gasteiger partial charge >= 0.3 is 0 Å². The highest BCUT2D eigenvalue weighted by Crippen LogP contribution is 2.15. The smallest absolute Gasteiger partial charge is 0.269 e. The molecule has 0 heterocycles. The molecule has 8 heteroatoms. The molecule has 18 heavy (non-hydrogen) atoms. The fourth-order valence-electron chi connectivity index (χ4n) is 1.09. The van der Waals surface area contributed by atoms with Crippen molar-refractivity contribution in [1.29, 1.82) is 0 Å². The quantitative estimate of drug-likeness (QED) is 0.421. The van der Waals surface area contributed by atoms with Gasteiger partial charge in [0.05, 0.1) is 11.5 Å². The highest BCUT2D eigenvalue weighted by Gasteiger charge is 2.05. The Balaban J connectivity index is 2.49. The molecule has 0 aliphatic carbocycles. The average molecular weight is 268 g/mol. The summed E-state index contributed by atoms with van der Waals surface area (Å²) >= 11 is 4.95. The molecule has 0 aromatic heterocycles. The molecule has 0 radical (unpaired) electrons. The van der Waals surface area contributed by atoms with Gasteiger partial charge in [-0.3, -0.25) is 14.9 Å². The Morgan fingerprint density at radius 3 is 2.50 bits per heavy atom. The van der Waals surface area contributed by atoms with E-state index in [1.807, 2.05) is 0 Å². The van der Waals surface area contributed by atoms with E-state index in [9.17, 15) is 14.9 Å². The molecule has 1 aromatic rings. The lowest BCUT2D eigenvalue weighted by Crippen LogP contribution is -2.37. The van der Waals surface area contributed by atoms with Gasteiger partial charge in [-0.15, -0.1) is 0 Å². The number of nitrogens with zero attached hydrogens (tertiary/aromatic N) is 1. The van der Waals surface area contributed by atoms with E-state index in [0.717, 1.165) is 0 Å². The average Bonchev–Trinajstić information content (AvgIpc) is 2.36. The molecule has 1 amide bonds. The lowest BCUT2D eigenvalue weighted by atomic mass is 10.3. The van der Waals surface area contributed by atoms with Crippen LogP contribution in [0.15, 0.2) is 24.3 Å². The second kappa shape index (κ2) is 6.50. The van der Waals surface area contributed by atoms with Crippen molar-refractivity contribution >= 4 is 34.6 Å². The molecule has 0 saturated heterocycles. The van der Waals surface area contributed by atoms with Gasteiger partial charge in [0.2, 0.25) is 5.91 Å². The highest BCUT2D eigenvalue weighted by molar-refractivity contribution is 7.80. The van der Waals surface area contributed by atoms with Crippen molar-refractivity contribution in [3.05, 3.63) is 34.4 Å². The monoisotopic (exact) mass is 268 g/mol. The normalized spacial score (nSPS) is 9.39. The maximum atomic E-state index is 11.0. The lowest BCUT2D eigenvalue weighted by molar-refractivity contribution is -0.384. The van der Waals surface area contributed by atoms with Gasteiger partial charge in [-0.05, 0) is 24.4 Å². The molecule has 0 atom stereocenters. The predicted molar refractivity (Wildman–Crippen MR) is 71.4 cm³/mol. The van der Waals surface area contributed by atoms with Crippen LogP contribution in [0.25, 0.3) is 0 Å². The first kappa shape index (κ1) is 13.8. The summed E-state index contributed by atoms with van der Waals surface area (Å²) in [6.45, 7) is 0.0648. The minimum atomic E-state index is -0.480. The third-order valence-corrected chi connectivity index (χ3v) is 2.27. The fourth-order valence-corrected chi connectivity index (χ4v) is 1.28. The molecule has 1 aromatic carbocycles. The number of hydrogen-bond acceptors (Lipinski definition) is 4. The number of nitro groups is 1. The number of anilines is 1. The largest absolute Gasteiger partial charge is 0.358 e. The Hall–Kier alpha value is -2.22. The van der Waals surface area contributed by atoms with E-state index < -0.39 is 4.92 Å². The third-order valence-electron chi connectivity index (χ3n) is 2.02. The van der Waals surface area contributed by atoms with Crippen LogP contribution in [0.4, 0.5) is 11.4 Å². The number of nitro benzene ring substituents is 1. The number of nitrogens with one attached hydrogen (secondary N) is 3. The SMILES string of the molecule is CNC(=O)CNC(=S)Nc1ccc([N+](=O)[O-])cc1. The van der Waals surface area contributed by atoms with Crippen molar-refractivity contribution in [2.45, 2.75) is 0 Å². The van der Waals surface area contributed by atoms with Gasteiger partial charge in [0, 0.05) is 24.9 Å². The second-order valence-corrected chi connectivity index (χ2v) is 3.69. The van der Waals surface area contributed by atoms with E-state index in [-0.39, 0.29) is 23.3 Å². The van der Waals surface area contributed by atoms with Gasteiger partial charge < -0.3 is 16.0 Å². The van der Waals surface area contributed by atoms with Crippen LogP contribution in [0.2, 0.25) is 0 Å². The van der Waals surface area contributed by atoms with Gasteiger partial charge in [0.15, 0.2) is 5.11 Å². The summed E-state index contributed by atoms with van der Waals surface area (Å²) in [5.74, 6) is -0.192. The van der Waals surface area contributed by atoms with Crippen LogP contribution in [0.5, 0.6) is 0 Å². The number of carbonyl (C=O) groups is 1. The number of likely N-dealkylation sites (N-methyl/N-ethyl adjacent to an activating group) is 1. The first-order chi connectivity index (χ1) is 8.52. The molecule has 0 bridgehead atoms. The number of hydrogen-bond donors (Lipinski definition) is 3. The Morgan fingerprint density at radius 1 is 1.39 bits per heavy atom. The zero-order valence-electron chi connectivity index (χ0n) is 9.60. The maximum absolute atomic E-state index is 11.0. The Kier molecular flexibility index (Phi) is 5.00. The molecule has 0 unspecified atom stereocenters. The van der Waals surface area contributed by atoms with Crippen molar-refractivity contribution in [3.8, 4) is 0 Å². The number of amides is 1. The van der Waals surface area contributed by atoms with Crippen molar-refractivity contribution in [2.75, 3.05) is 18.9 Å². The van der Waals surface area contributed by atoms with Crippen molar-refractivity contribution in [2.24, 2.45) is 0 Å². The topological polar surface area (TPSA) is 96.3 Å². The molecular weight excluding hydrogens is 256 g/mol. The molecule has 0 fully saturated rings. The van der Waals surface area contributed by atoms with Crippen LogP contribution in [0.3, 0.4) is 0 Å². The van der Waals surface area contributed by atoms with Crippen LogP contribution in [0, 0.1) is 10.1 Å². The van der Waals surface area contributed by atoms with Gasteiger partial charge in [0.25, 0.3) is 5.69 Å². The van der Waals surface area contributed by atoms with Crippen LogP contribution < -0.4 is 16.0 Å². The molecular formula is C10H12N4O3S. The Bertz CT molecular complexity index is 461. The van der Waals surface area contributed by atoms with Crippen molar-refractivity contribution < 1.29 is 9.72 Å². The number of carbonyl (C=O) groups excluding carboxylic acids is 1. The first-order valence-electron chi connectivity index (χ1n) is 5.03. The molecule has 0 spiro atoms. The van der Waals surface area contributed by atoms with Gasteiger partial charge in [-0.25, -0.2) is 0 Å². The fraction of sp³-hybridized carbons (Fsp3) is 0.200. The highest BCUT2D eigenvalue weighted by atomic mass is 32.1. The standard InChI is InChI=1S/C10H12N4O3S/c1-11-9(15)6-12-10(18)13-7-2-4-8(5-3-7)14(16)17/h2-5H,6H2,1H3,(H,11,15)(H2,12,13,18). The molecule has 0 saturated carbocycles. The minimum absolute atomic E-state index is 0.00443. The summed E-state index contributed by atoms with van der Waals surface area (Å²) in [6, 6.07) is 5.80. The van der Waals surface area contributed by atoms with Crippen LogP contribution >= 0.6 is 12.2 Å². The Morgan fingerprint density at radius 2 is 2.00 bits per heavy atom. The molecule has 96 valence electrons. The number of non-ortho nitro benzene ring substituents is 1. The maximum Gasteiger partial charge on any atom is 0.269 e. The van der Waals surface area contributed by atoms with Crippen LogP contribution in [-0.2, 0) is 4.79 Å². The second-order valence-electron chi connectivity index (χ2n) is 3.28. The predicted octanol–water partition coefficient (Wildman–Crippen LogP) is 0.627. The number of thiocarbonyl (C=S) groups is 1. The van der Waals surface area contributed by atoms with E-state index in [1.54, 1.807) is 0 Å². The van der Waals surface area contributed by atoms with E-state index in [1.165, 1.54) is 31.3 Å². The molecule has 0 aliphatic rings. The summed E-state index contributed by atoms with van der Waals surface area (Å²) in [5, 5.41) is 18.7. The lowest BCUT2D eigenvalue weighted by Gasteiger charge is -2.09. The van der Waals surface area contributed by atoms with Gasteiger partial charge in [0.1, 0.15) is 0 Å². The third kappa shape index (κ3) is 4.34. The van der Waals surface area contributed by atoms with Gasteiger partial charge in [-0.2, -0.15) is 0 Å². The van der Waals surface area contributed by atoms with E-state index in [0.29, 0.717) is 5.69 Å². The summed E-state index contributed by atoms with van der Waals surface area (Å²) in [5.41, 5.74) is 0.611. The van der Waals surface area contributed by atoms with Crippen molar-refractivity contribution in [1.82, 2.24) is 10.6 Å². The summed E-state index contributed by atoms with van der Waals surface area (Å²) < 4.78 is 0. The zero-order chi connectivity index (χ0) is 13.5. The first-order valence-corrected chi connectivity index (χ1v) is 5.43. The zero-order valence-corrected chi connectivity index (χ0v) is 10.4. The summed E-state index contributed by atoms with van der Waals surface area (Å²) in [4.78, 5) is 20.9. The van der Waals surface area contributed by atoms with Crippen LogP contribution in [-0.4, -0.2) is 29.5 Å². The number of rotatable bonds is 4. The summed E-state index contributed by atoms with van der Waals surface area (Å²) in [6.07, 6.45) is 0. The van der Waals surface area contributed by atoms with E-state index >= 15 is 0 Å². The van der Waals surface area contributed by atoms with Gasteiger partial charge in [-0.1, -0.05) is 0 Å². The minimum Gasteiger partial charge on any atom is -0.358 e. The van der Waals surface area contributed by atoms with E-state index in [4.69, 9.17) is 12.2 Å². The van der Waals surface area contributed by atoms with Crippen LogP contribution in [0.1, 0.15) is 0 Å². The van der Waals surface area contributed by atoms with Crippen molar-refractivity contribution in [3.63, 3.8) is 0 Å². The molecule has 1 rings (SSSR count). The number of benzene rings is 1. The molecule has 0 aliphatic heterocycles. The Labute approximate surface area is 109 Å². The molecule has 3 N–H and O–H groups in total. The van der Waals surface area contributed by atoms with E-state index in [2.05, 4.69) is 16.0 Å². The summed E-state index contributed by atoms with van der Waals surface area (Å²) in [7, 11) is 1.52.